The van der Waals surface area contributed by atoms with Crippen LogP contribution in [0.4, 0.5) is 0 Å². The summed E-state index contributed by atoms with van der Waals surface area (Å²) in [6, 6.07) is -0.767. The lowest BCUT2D eigenvalue weighted by molar-refractivity contribution is -0.228. The van der Waals surface area contributed by atoms with E-state index in [1.165, 1.54) is 0 Å². The highest BCUT2D eigenvalue weighted by Crippen LogP contribution is 2.35. The summed E-state index contributed by atoms with van der Waals surface area (Å²) in [5, 5.41) is 28.1. The van der Waals surface area contributed by atoms with Crippen LogP contribution in [0.15, 0.2) is 0 Å². The fraction of sp³-hybridized carbons (Fsp3) is 1.00. The van der Waals surface area contributed by atoms with E-state index in [0.29, 0.717) is 0 Å². The van der Waals surface area contributed by atoms with Gasteiger partial charge in [0.25, 0.3) is 0 Å². The van der Waals surface area contributed by atoms with E-state index >= 15 is 0 Å². The van der Waals surface area contributed by atoms with Crippen molar-refractivity contribution in [2.45, 2.75) is 30.1 Å². The minimum absolute atomic E-state index is 0.0556. The van der Waals surface area contributed by atoms with E-state index < -0.39 is 36.7 Å². The van der Waals surface area contributed by atoms with Crippen LogP contribution >= 0.6 is 0 Å². The van der Waals surface area contributed by atoms with Crippen LogP contribution in [-0.2, 0) is 9.47 Å². The molecule has 2 aliphatic rings. The zero-order valence-electron chi connectivity index (χ0n) is 6.96. The van der Waals surface area contributed by atoms with Gasteiger partial charge in [0.1, 0.15) is 17.8 Å². The second-order valence-corrected chi connectivity index (χ2v) is 3.53. The molecule has 1 unspecified atom stereocenters. The number of aliphatic hydroxyl groups excluding tert-OH is 3. The van der Waals surface area contributed by atoms with Crippen LogP contribution < -0.4 is 5.73 Å². The van der Waals surface area contributed by atoms with Gasteiger partial charge in [-0.05, 0) is 0 Å². The molecule has 13 heavy (non-hydrogen) atoms. The highest BCUT2D eigenvalue weighted by Gasteiger charge is 2.57. The van der Waals surface area contributed by atoms with Crippen LogP contribution in [0.1, 0.15) is 0 Å². The molecule has 2 rings (SSSR count). The van der Waals surface area contributed by atoms with E-state index in [-0.39, 0.29) is 6.61 Å². The Morgan fingerprint density at radius 1 is 1.46 bits per heavy atom. The molecule has 5 N–H and O–H groups in total. The SMILES string of the molecule is N[C@@H]1C2OC[C@](CO)(O2)[C@H](O)[C@@H]1O. The highest BCUT2D eigenvalue weighted by atomic mass is 16.7. The van der Waals surface area contributed by atoms with Crippen LogP contribution in [0.2, 0.25) is 0 Å². The van der Waals surface area contributed by atoms with Gasteiger partial charge in [0.15, 0.2) is 6.29 Å². The molecule has 0 spiro atoms. The molecule has 0 aliphatic carbocycles. The molecule has 0 aromatic rings. The van der Waals surface area contributed by atoms with E-state index in [4.69, 9.17) is 20.3 Å². The van der Waals surface area contributed by atoms with Gasteiger partial charge in [0, 0.05) is 0 Å². The summed E-state index contributed by atoms with van der Waals surface area (Å²) in [6.07, 6.45) is -3.05. The molecule has 0 radical (unpaired) electrons. The second-order valence-electron chi connectivity index (χ2n) is 3.53. The first-order valence-corrected chi connectivity index (χ1v) is 4.13. The minimum atomic E-state index is -1.20. The maximum absolute atomic E-state index is 9.59. The number of fused-ring (bicyclic) bond motifs is 2. The Morgan fingerprint density at radius 3 is 2.77 bits per heavy atom. The lowest BCUT2D eigenvalue weighted by Crippen LogP contribution is -2.64. The van der Waals surface area contributed by atoms with Crippen molar-refractivity contribution in [3.05, 3.63) is 0 Å². The van der Waals surface area contributed by atoms with Gasteiger partial charge in [-0.25, -0.2) is 0 Å². The van der Waals surface area contributed by atoms with Crippen molar-refractivity contribution in [3.8, 4) is 0 Å². The van der Waals surface area contributed by atoms with Gasteiger partial charge in [-0.15, -0.1) is 0 Å². The topological polar surface area (TPSA) is 105 Å². The Bertz CT molecular complexity index is 213. The van der Waals surface area contributed by atoms with Crippen molar-refractivity contribution in [1.82, 2.24) is 0 Å². The molecule has 2 aliphatic heterocycles. The quantitative estimate of drug-likeness (QED) is 0.355. The Kier molecular flexibility index (Phi) is 2.06. The van der Waals surface area contributed by atoms with E-state index in [1.807, 2.05) is 0 Å². The third-order valence-electron chi connectivity index (χ3n) is 2.68. The molecule has 2 heterocycles. The Labute approximate surface area is 74.9 Å². The first-order chi connectivity index (χ1) is 6.10. The fourth-order valence-corrected chi connectivity index (χ4v) is 1.73. The van der Waals surface area contributed by atoms with Gasteiger partial charge in [-0.2, -0.15) is 0 Å². The molecule has 5 atom stereocenters. The maximum atomic E-state index is 9.59. The zero-order chi connectivity index (χ0) is 9.64. The second kappa shape index (κ2) is 2.88. The molecule has 0 aromatic heterocycles. The van der Waals surface area contributed by atoms with Crippen molar-refractivity contribution in [2.75, 3.05) is 13.2 Å². The summed E-state index contributed by atoms with van der Waals surface area (Å²) in [6.45, 7) is -0.339. The van der Waals surface area contributed by atoms with Gasteiger partial charge in [-0.3, -0.25) is 0 Å². The van der Waals surface area contributed by atoms with Crippen LogP contribution in [0.25, 0.3) is 0 Å². The summed E-state index contributed by atoms with van der Waals surface area (Å²) < 4.78 is 10.3. The molecule has 2 fully saturated rings. The Hall–Kier alpha value is -0.240. The third kappa shape index (κ3) is 1.11. The molecular formula is C7H13NO5. The lowest BCUT2D eigenvalue weighted by Gasteiger charge is -2.40. The molecule has 6 nitrogen and oxygen atoms in total. The van der Waals surface area contributed by atoms with Gasteiger partial charge in [0.2, 0.25) is 0 Å². The molecule has 2 bridgehead atoms. The maximum Gasteiger partial charge on any atom is 0.176 e. The normalized spacial score (nSPS) is 55.4. The van der Waals surface area contributed by atoms with E-state index in [1.54, 1.807) is 0 Å². The van der Waals surface area contributed by atoms with Crippen LogP contribution in [0, 0.1) is 0 Å². The lowest BCUT2D eigenvalue weighted by atomic mass is 9.89. The number of hydrogen-bond donors (Lipinski definition) is 4. The van der Waals surface area contributed by atoms with Gasteiger partial charge in [0.05, 0.1) is 19.3 Å². The first kappa shape index (κ1) is 9.32. The van der Waals surface area contributed by atoms with Crippen LogP contribution in [0.5, 0.6) is 0 Å². The Morgan fingerprint density at radius 2 is 2.15 bits per heavy atom. The standard InChI is InChI=1S/C7H13NO5/c8-3-4(10)5(11)7(1-9)2-12-6(3)13-7/h3-6,9-11H,1-2,8H2/t3-,4+,5+,6?,7-/m0/s1. The number of aliphatic hydroxyl groups is 3. The van der Waals surface area contributed by atoms with E-state index in [2.05, 4.69) is 0 Å². The first-order valence-electron chi connectivity index (χ1n) is 4.13. The van der Waals surface area contributed by atoms with E-state index in [9.17, 15) is 10.2 Å². The summed E-state index contributed by atoms with van der Waals surface area (Å²) in [5.74, 6) is 0. The molecule has 0 amide bonds. The smallest absolute Gasteiger partial charge is 0.176 e. The van der Waals surface area contributed by atoms with Crippen molar-refractivity contribution >= 4 is 0 Å². The van der Waals surface area contributed by atoms with E-state index in [0.717, 1.165) is 0 Å². The summed E-state index contributed by atoms with van der Waals surface area (Å²) in [7, 11) is 0. The fourth-order valence-electron chi connectivity index (χ4n) is 1.73. The molecule has 6 heteroatoms. The molecule has 0 aromatic carbocycles. The third-order valence-corrected chi connectivity index (χ3v) is 2.68. The van der Waals surface area contributed by atoms with Gasteiger partial charge in [-0.1, -0.05) is 0 Å². The number of rotatable bonds is 1. The number of ether oxygens (including phenoxy) is 2. The molecular weight excluding hydrogens is 178 g/mol. The molecule has 2 saturated heterocycles. The number of hydrogen-bond acceptors (Lipinski definition) is 6. The van der Waals surface area contributed by atoms with Crippen molar-refractivity contribution in [3.63, 3.8) is 0 Å². The van der Waals surface area contributed by atoms with Gasteiger partial charge >= 0.3 is 0 Å². The summed E-state index contributed by atoms with van der Waals surface area (Å²) in [5.41, 5.74) is 4.33. The van der Waals surface area contributed by atoms with Crippen molar-refractivity contribution < 1.29 is 24.8 Å². The predicted molar refractivity (Wildman–Crippen MR) is 40.6 cm³/mol. The van der Waals surface area contributed by atoms with Crippen molar-refractivity contribution in [2.24, 2.45) is 5.73 Å². The monoisotopic (exact) mass is 191 g/mol. The minimum Gasteiger partial charge on any atom is -0.393 e. The Balaban J connectivity index is 2.25. The van der Waals surface area contributed by atoms with Crippen molar-refractivity contribution in [1.29, 1.82) is 0 Å². The summed E-state index contributed by atoms with van der Waals surface area (Å²) in [4.78, 5) is 0. The average molecular weight is 191 g/mol. The predicted octanol–water partition coefficient (Wildman–Crippen LogP) is -2.85. The summed E-state index contributed by atoms with van der Waals surface area (Å²) >= 11 is 0. The highest BCUT2D eigenvalue weighted by molar-refractivity contribution is 5.04. The largest absolute Gasteiger partial charge is 0.393 e. The van der Waals surface area contributed by atoms with Crippen LogP contribution in [-0.4, -0.2) is 58.7 Å². The zero-order valence-corrected chi connectivity index (χ0v) is 6.96. The molecule has 76 valence electrons. The van der Waals surface area contributed by atoms with Gasteiger partial charge < -0.3 is 30.5 Å². The average Bonchev–Trinajstić information content (AvgIpc) is 2.55. The number of nitrogens with two attached hydrogens (primary N) is 1. The van der Waals surface area contributed by atoms with Crippen LogP contribution in [0.3, 0.4) is 0 Å². The molecule has 0 saturated carbocycles.